The lowest BCUT2D eigenvalue weighted by molar-refractivity contribution is 0.522. The summed E-state index contributed by atoms with van der Waals surface area (Å²) in [5, 5.41) is 0. The van der Waals surface area contributed by atoms with Gasteiger partial charge in [0.2, 0.25) is 0 Å². The molecule has 0 heterocycles. The summed E-state index contributed by atoms with van der Waals surface area (Å²) < 4.78 is 54.3. The maximum absolute atomic E-state index is 13.7. The van der Waals surface area contributed by atoms with Crippen LogP contribution in [-0.4, -0.2) is 8.42 Å². The number of benzene rings is 2. The first-order valence-electron chi connectivity index (χ1n) is 5.74. The average Bonchev–Trinajstić information content (AvgIpc) is 2.30. The van der Waals surface area contributed by atoms with E-state index in [0.717, 1.165) is 17.7 Å². The number of hydrogen-bond donors (Lipinski definition) is 2. The van der Waals surface area contributed by atoms with Gasteiger partial charge in [0.15, 0.2) is 4.90 Å². The number of nitrogens with two attached hydrogens (primary N) is 1. The Morgan fingerprint density at radius 3 is 2.24 bits per heavy atom. The highest BCUT2D eigenvalue weighted by molar-refractivity contribution is 9.10. The Balaban J connectivity index is 2.48. The molecule has 3 N–H and O–H groups in total. The first kappa shape index (κ1) is 15.7. The molecule has 8 heteroatoms. The van der Waals surface area contributed by atoms with Crippen LogP contribution < -0.4 is 10.5 Å². The Morgan fingerprint density at radius 2 is 1.71 bits per heavy atom. The fourth-order valence-electron chi connectivity index (χ4n) is 1.73. The van der Waals surface area contributed by atoms with Gasteiger partial charge in [-0.3, -0.25) is 4.72 Å². The van der Waals surface area contributed by atoms with Gasteiger partial charge in [-0.05, 0) is 52.7 Å². The molecule has 2 aromatic carbocycles. The molecule has 0 unspecified atom stereocenters. The van der Waals surface area contributed by atoms with Crippen LogP contribution in [0.25, 0.3) is 0 Å². The minimum Gasteiger partial charge on any atom is -0.399 e. The van der Waals surface area contributed by atoms with Crippen molar-refractivity contribution in [3.8, 4) is 0 Å². The van der Waals surface area contributed by atoms with Gasteiger partial charge in [0, 0.05) is 10.2 Å². The van der Waals surface area contributed by atoms with E-state index < -0.39 is 26.6 Å². The van der Waals surface area contributed by atoms with Gasteiger partial charge < -0.3 is 5.73 Å². The molecular formula is C13H11BrF2N2O2S. The number of anilines is 2. The third-order valence-electron chi connectivity index (χ3n) is 2.66. The Hall–Kier alpha value is -1.67. The van der Waals surface area contributed by atoms with Crippen molar-refractivity contribution in [2.45, 2.75) is 11.8 Å². The van der Waals surface area contributed by atoms with E-state index in [-0.39, 0.29) is 11.4 Å². The molecule has 0 amide bonds. The van der Waals surface area contributed by atoms with Gasteiger partial charge in [0.25, 0.3) is 10.0 Å². The highest BCUT2D eigenvalue weighted by Crippen LogP contribution is 2.28. The molecule has 112 valence electrons. The Kier molecular flexibility index (Phi) is 4.20. The van der Waals surface area contributed by atoms with Crippen LogP contribution in [0.2, 0.25) is 0 Å². The highest BCUT2D eigenvalue weighted by Gasteiger charge is 2.25. The Labute approximate surface area is 129 Å². The second kappa shape index (κ2) is 5.61. The molecule has 2 aromatic rings. The van der Waals surface area contributed by atoms with E-state index in [2.05, 4.69) is 20.7 Å². The molecule has 0 aliphatic heterocycles. The van der Waals surface area contributed by atoms with Crippen molar-refractivity contribution in [3.05, 3.63) is 52.0 Å². The molecule has 2 rings (SSSR count). The normalized spacial score (nSPS) is 11.4. The van der Waals surface area contributed by atoms with Crippen molar-refractivity contribution in [1.82, 2.24) is 0 Å². The number of halogens is 3. The lowest BCUT2D eigenvalue weighted by Crippen LogP contribution is -2.17. The molecule has 0 aliphatic rings. The van der Waals surface area contributed by atoms with Crippen molar-refractivity contribution in [2.24, 2.45) is 0 Å². The number of nitrogen functional groups attached to an aromatic ring is 1. The fraction of sp³-hybridized carbons (Fsp3) is 0.0769. The maximum Gasteiger partial charge on any atom is 0.267 e. The van der Waals surface area contributed by atoms with Crippen LogP contribution in [0.4, 0.5) is 20.2 Å². The van der Waals surface area contributed by atoms with Crippen LogP contribution in [0, 0.1) is 18.6 Å². The second-order valence-corrected chi connectivity index (χ2v) is 6.88. The smallest absolute Gasteiger partial charge is 0.267 e. The van der Waals surface area contributed by atoms with Gasteiger partial charge in [-0.25, -0.2) is 17.2 Å². The van der Waals surface area contributed by atoms with Crippen molar-refractivity contribution < 1.29 is 17.2 Å². The van der Waals surface area contributed by atoms with Crippen molar-refractivity contribution in [1.29, 1.82) is 0 Å². The summed E-state index contributed by atoms with van der Waals surface area (Å²) in [6.45, 7) is 1.82. The standard InChI is InChI=1S/C13H11BrF2N2O2S/c1-7-2-3-12(9(14)4-7)18-21(19,20)13-10(15)5-8(17)6-11(13)16/h2-6,18H,17H2,1H3. The van der Waals surface area contributed by atoms with E-state index in [4.69, 9.17) is 5.73 Å². The van der Waals surface area contributed by atoms with Gasteiger partial charge in [-0.15, -0.1) is 0 Å². The Bertz CT molecular complexity index is 787. The van der Waals surface area contributed by atoms with Gasteiger partial charge in [0.1, 0.15) is 11.6 Å². The summed E-state index contributed by atoms with van der Waals surface area (Å²) in [6, 6.07) is 6.33. The number of sulfonamides is 1. The number of nitrogens with one attached hydrogen (secondary N) is 1. The summed E-state index contributed by atoms with van der Waals surface area (Å²) in [5.74, 6) is -2.49. The van der Waals surface area contributed by atoms with Crippen LogP contribution in [0.3, 0.4) is 0 Å². The van der Waals surface area contributed by atoms with Gasteiger partial charge in [-0.2, -0.15) is 0 Å². The number of rotatable bonds is 3. The molecule has 0 aromatic heterocycles. The topological polar surface area (TPSA) is 72.2 Å². The lowest BCUT2D eigenvalue weighted by Gasteiger charge is -2.12. The zero-order chi connectivity index (χ0) is 15.8. The van der Waals surface area contributed by atoms with E-state index in [0.29, 0.717) is 4.47 Å². The van der Waals surface area contributed by atoms with Crippen LogP contribution in [-0.2, 0) is 10.0 Å². The molecule has 0 bridgehead atoms. The third-order valence-corrected chi connectivity index (χ3v) is 4.73. The van der Waals surface area contributed by atoms with Crippen LogP contribution in [0.5, 0.6) is 0 Å². The quantitative estimate of drug-likeness (QED) is 0.806. The van der Waals surface area contributed by atoms with Crippen LogP contribution in [0.15, 0.2) is 39.7 Å². The predicted octanol–water partition coefficient (Wildman–Crippen LogP) is 3.42. The first-order valence-corrected chi connectivity index (χ1v) is 8.02. The summed E-state index contributed by atoms with van der Waals surface area (Å²) >= 11 is 3.19. The molecule has 0 aliphatic carbocycles. The van der Waals surface area contributed by atoms with E-state index in [9.17, 15) is 17.2 Å². The van der Waals surface area contributed by atoms with E-state index >= 15 is 0 Å². The molecule has 21 heavy (non-hydrogen) atoms. The average molecular weight is 377 g/mol. The number of aryl methyl sites for hydroxylation is 1. The lowest BCUT2D eigenvalue weighted by atomic mass is 10.2. The van der Waals surface area contributed by atoms with E-state index in [1.807, 2.05) is 6.92 Å². The monoisotopic (exact) mass is 376 g/mol. The second-order valence-electron chi connectivity index (χ2n) is 4.40. The predicted molar refractivity (Wildman–Crippen MR) is 80.5 cm³/mol. The fourth-order valence-corrected chi connectivity index (χ4v) is 3.66. The van der Waals surface area contributed by atoms with Crippen molar-refractivity contribution in [2.75, 3.05) is 10.5 Å². The molecule has 0 saturated heterocycles. The molecule has 0 radical (unpaired) electrons. The molecule has 0 saturated carbocycles. The molecule has 0 fully saturated rings. The van der Waals surface area contributed by atoms with E-state index in [1.54, 1.807) is 12.1 Å². The Morgan fingerprint density at radius 1 is 1.14 bits per heavy atom. The van der Waals surface area contributed by atoms with Crippen LogP contribution in [0.1, 0.15) is 5.56 Å². The summed E-state index contributed by atoms with van der Waals surface area (Å²) in [4.78, 5) is -1.07. The summed E-state index contributed by atoms with van der Waals surface area (Å²) in [5.41, 5.74) is 6.14. The highest BCUT2D eigenvalue weighted by atomic mass is 79.9. The van der Waals surface area contributed by atoms with Crippen molar-refractivity contribution >= 4 is 37.3 Å². The number of hydrogen-bond acceptors (Lipinski definition) is 3. The van der Waals surface area contributed by atoms with E-state index in [1.165, 1.54) is 6.07 Å². The SMILES string of the molecule is Cc1ccc(NS(=O)(=O)c2c(F)cc(N)cc2F)c(Br)c1. The first-order chi connectivity index (χ1) is 9.70. The molecule has 0 atom stereocenters. The van der Waals surface area contributed by atoms with Gasteiger partial charge in [-0.1, -0.05) is 6.07 Å². The van der Waals surface area contributed by atoms with Crippen molar-refractivity contribution in [3.63, 3.8) is 0 Å². The largest absolute Gasteiger partial charge is 0.399 e. The zero-order valence-corrected chi connectivity index (χ0v) is 13.2. The zero-order valence-electron chi connectivity index (χ0n) is 10.8. The molecule has 4 nitrogen and oxygen atoms in total. The van der Waals surface area contributed by atoms with Crippen LogP contribution >= 0.6 is 15.9 Å². The minimum absolute atomic E-state index is 0.177. The summed E-state index contributed by atoms with van der Waals surface area (Å²) in [7, 11) is -4.41. The third kappa shape index (κ3) is 3.33. The molecular weight excluding hydrogens is 366 g/mol. The maximum atomic E-state index is 13.7. The molecule has 0 spiro atoms. The summed E-state index contributed by atoms with van der Waals surface area (Å²) in [6.07, 6.45) is 0. The van der Waals surface area contributed by atoms with Gasteiger partial charge >= 0.3 is 0 Å². The minimum atomic E-state index is -4.41. The van der Waals surface area contributed by atoms with Gasteiger partial charge in [0.05, 0.1) is 5.69 Å².